The number of carbonyl (C=O) groups is 1. The summed E-state index contributed by atoms with van der Waals surface area (Å²) in [6, 6.07) is 16.0. The number of benzene rings is 2. The van der Waals surface area contributed by atoms with E-state index >= 15 is 0 Å². The third kappa shape index (κ3) is 3.12. The average Bonchev–Trinajstić information content (AvgIpc) is 3.29. The van der Waals surface area contributed by atoms with E-state index in [1.165, 1.54) is 0 Å². The van der Waals surface area contributed by atoms with Gasteiger partial charge in [-0.15, -0.1) is 11.8 Å². The topological polar surface area (TPSA) is 59.2 Å². The second-order valence-corrected chi connectivity index (χ2v) is 7.26. The first kappa shape index (κ1) is 16.8. The van der Waals surface area contributed by atoms with Gasteiger partial charge in [0.15, 0.2) is 0 Å². The van der Waals surface area contributed by atoms with Gasteiger partial charge in [0.2, 0.25) is 17.6 Å². The monoisotopic (exact) mass is 365 g/mol. The van der Waals surface area contributed by atoms with E-state index < -0.39 is 0 Å². The van der Waals surface area contributed by atoms with Crippen LogP contribution in [0.4, 0.5) is 5.69 Å². The van der Waals surface area contributed by atoms with E-state index in [4.69, 9.17) is 4.52 Å². The van der Waals surface area contributed by atoms with Gasteiger partial charge in [-0.3, -0.25) is 4.79 Å². The van der Waals surface area contributed by atoms with Crippen molar-refractivity contribution in [1.29, 1.82) is 0 Å². The van der Waals surface area contributed by atoms with Crippen molar-refractivity contribution in [3.8, 4) is 11.4 Å². The number of nitrogens with zero attached hydrogens (tertiary/aromatic N) is 3. The van der Waals surface area contributed by atoms with Crippen molar-refractivity contribution in [2.24, 2.45) is 0 Å². The fourth-order valence-corrected chi connectivity index (χ4v) is 3.69. The predicted octanol–water partition coefficient (Wildman–Crippen LogP) is 4.29. The van der Waals surface area contributed by atoms with Crippen molar-refractivity contribution in [3.63, 3.8) is 0 Å². The molecule has 0 bridgehead atoms. The number of aromatic nitrogens is 2. The van der Waals surface area contributed by atoms with Gasteiger partial charge in [0, 0.05) is 29.1 Å². The molecule has 1 aromatic heterocycles. The number of amides is 1. The molecule has 0 aliphatic carbocycles. The fourth-order valence-electron chi connectivity index (χ4n) is 3.24. The molecule has 1 aliphatic heterocycles. The lowest BCUT2D eigenvalue weighted by atomic mass is 10.1. The minimum Gasteiger partial charge on any atom is -0.339 e. The number of hydrogen-bond acceptors (Lipinski definition) is 5. The molecular weight excluding hydrogens is 346 g/mol. The van der Waals surface area contributed by atoms with Crippen molar-refractivity contribution >= 4 is 23.4 Å². The van der Waals surface area contributed by atoms with E-state index in [1.807, 2.05) is 66.6 Å². The van der Waals surface area contributed by atoms with Gasteiger partial charge in [-0.2, -0.15) is 4.98 Å². The first-order valence-corrected chi connectivity index (χ1v) is 9.72. The lowest BCUT2D eigenvalue weighted by Gasteiger charge is -2.16. The summed E-state index contributed by atoms with van der Waals surface area (Å²) in [5.74, 6) is 1.11. The molecule has 1 atom stereocenters. The van der Waals surface area contributed by atoms with Crippen LogP contribution in [0.25, 0.3) is 11.4 Å². The molecule has 0 spiro atoms. The third-order valence-corrected chi connectivity index (χ3v) is 5.39. The highest BCUT2D eigenvalue weighted by Crippen LogP contribution is 2.33. The minimum atomic E-state index is -0.0781. The normalized spacial score (nSPS) is 17.1. The minimum absolute atomic E-state index is 0.0781. The SMILES string of the molecule is CSc1cccc(N2CC(c3nc(-c4ccccc4C)no3)CC2=O)c1. The summed E-state index contributed by atoms with van der Waals surface area (Å²) in [7, 11) is 0. The Labute approximate surface area is 156 Å². The van der Waals surface area contributed by atoms with Gasteiger partial charge in [-0.05, 0) is 36.9 Å². The Hall–Kier alpha value is -2.60. The highest BCUT2D eigenvalue weighted by atomic mass is 32.2. The van der Waals surface area contributed by atoms with Gasteiger partial charge in [0.1, 0.15) is 0 Å². The number of hydrogen-bond donors (Lipinski definition) is 0. The molecule has 2 heterocycles. The molecule has 1 unspecified atom stereocenters. The molecular formula is C20H19N3O2S. The van der Waals surface area contributed by atoms with Crippen LogP contribution in [0.3, 0.4) is 0 Å². The Kier molecular flexibility index (Phi) is 4.51. The molecule has 3 aromatic rings. The van der Waals surface area contributed by atoms with E-state index in [1.54, 1.807) is 11.8 Å². The molecule has 4 rings (SSSR count). The molecule has 26 heavy (non-hydrogen) atoms. The van der Waals surface area contributed by atoms with Gasteiger partial charge in [0.05, 0.1) is 5.92 Å². The van der Waals surface area contributed by atoms with Crippen LogP contribution in [0.5, 0.6) is 0 Å². The molecule has 0 N–H and O–H groups in total. The molecule has 2 aromatic carbocycles. The lowest BCUT2D eigenvalue weighted by Crippen LogP contribution is -2.24. The predicted molar refractivity (Wildman–Crippen MR) is 102 cm³/mol. The van der Waals surface area contributed by atoms with Gasteiger partial charge >= 0.3 is 0 Å². The molecule has 132 valence electrons. The zero-order valence-electron chi connectivity index (χ0n) is 14.7. The molecule has 0 radical (unpaired) electrons. The zero-order chi connectivity index (χ0) is 18.1. The molecule has 1 amide bonds. The van der Waals surface area contributed by atoms with Gasteiger partial charge in [-0.1, -0.05) is 35.5 Å². The second-order valence-electron chi connectivity index (χ2n) is 6.38. The summed E-state index contributed by atoms with van der Waals surface area (Å²) < 4.78 is 5.49. The van der Waals surface area contributed by atoms with Gasteiger partial charge in [-0.25, -0.2) is 0 Å². The Morgan fingerprint density at radius 3 is 2.85 bits per heavy atom. The Morgan fingerprint density at radius 2 is 2.04 bits per heavy atom. The van der Waals surface area contributed by atoms with Crippen LogP contribution in [0.15, 0.2) is 57.9 Å². The van der Waals surface area contributed by atoms with Crippen LogP contribution in [-0.4, -0.2) is 28.8 Å². The Balaban J connectivity index is 1.57. The summed E-state index contributed by atoms with van der Waals surface area (Å²) >= 11 is 1.66. The highest BCUT2D eigenvalue weighted by Gasteiger charge is 2.35. The van der Waals surface area contributed by atoms with E-state index in [0.29, 0.717) is 24.7 Å². The Morgan fingerprint density at radius 1 is 1.19 bits per heavy atom. The standard InChI is InChI=1S/C20H19N3O2S/c1-13-6-3-4-9-17(13)19-21-20(25-22-19)14-10-18(24)23(12-14)15-7-5-8-16(11-15)26-2/h3-9,11,14H,10,12H2,1-2H3. The number of aryl methyl sites for hydroxylation is 1. The summed E-state index contributed by atoms with van der Waals surface area (Å²) in [6.07, 6.45) is 2.41. The first-order valence-electron chi connectivity index (χ1n) is 8.49. The zero-order valence-corrected chi connectivity index (χ0v) is 15.5. The summed E-state index contributed by atoms with van der Waals surface area (Å²) in [4.78, 5) is 20.0. The summed E-state index contributed by atoms with van der Waals surface area (Å²) in [5.41, 5.74) is 2.97. The summed E-state index contributed by atoms with van der Waals surface area (Å²) in [6.45, 7) is 2.58. The quantitative estimate of drug-likeness (QED) is 0.646. The van der Waals surface area contributed by atoms with E-state index in [0.717, 1.165) is 21.7 Å². The van der Waals surface area contributed by atoms with E-state index in [-0.39, 0.29) is 11.8 Å². The van der Waals surface area contributed by atoms with Crippen molar-refractivity contribution in [1.82, 2.24) is 10.1 Å². The first-order chi connectivity index (χ1) is 12.7. The Bertz CT molecular complexity index is 953. The number of carbonyl (C=O) groups excluding carboxylic acids is 1. The highest BCUT2D eigenvalue weighted by molar-refractivity contribution is 7.98. The van der Waals surface area contributed by atoms with Crippen LogP contribution < -0.4 is 4.90 Å². The van der Waals surface area contributed by atoms with Crippen LogP contribution in [-0.2, 0) is 4.79 Å². The molecule has 1 aliphatic rings. The van der Waals surface area contributed by atoms with Crippen molar-refractivity contribution in [3.05, 3.63) is 60.0 Å². The maximum atomic E-state index is 12.5. The largest absolute Gasteiger partial charge is 0.339 e. The van der Waals surface area contributed by atoms with Crippen molar-refractivity contribution in [2.75, 3.05) is 17.7 Å². The molecule has 5 nitrogen and oxygen atoms in total. The number of rotatable bonds is 4. The van der Waals surface area contributed by atoms with Crippen LogP contribution in [0.1, 0.15) is 23.8 Å². The number of thioether (sulfide) groups is 1. The van der Waals surface area contributed by atoms with E-state index in [9.17, 15) is 4.79 Å². The van der Waals surface area contributed by atoms with Crippen molar-refractivity contribution in [2.45, 2.75) is 24.2 Å². The average molecular weight is 365 g/mol. The molecule has 1 fully saturated rings. The molecule has 6 heteroatoms. The third-order valence-electron chi connectivity index (χ3n) is 4.67. The molecule has 0 saturated carbocycles. The van der Waals surface area contributed by atoms with Gasteiger partial charge < -0.3 is 9.42 Å². The van der Waals surface area contributed by atoms with Crippen LogP contribution in [0.2, 0.25) is 0 Å². The van der Waals surface area contributed by atoms with E-state index in [2.05, 4.69) is 10.1 Å². The van der Waals surface area contributed by atoms with Crippen molar-refractivity contribution < 1.29 is 9.32 Å². The van der Waals surface area contributed by atoms with Gasteiger partial charge in [0.25, 0.3) is 0 Å². The lowest BCUT2D eigenvalue weighted by molar-refractivity contribution is -0.117. The maximum absolute atomic E-state index is 12.5. The second kappa shape index (κ2) is 6.96. The number of anilines is 1. The van der Waals surface area contributed by atoms with Crippen LogP contribution >= 0.6 is 11.8 Å². The fraction of sp³-hybridized carbons (Fsp3) is 0.250. The summed E-state index contributed by atoms with van der Waals surface area (Å²) in [5, 5.41) is 4.12. The maximum Gasteiger partial charge on any atom is 0.232 e. The smallest absolute Gasteiger partial charge is 0.232 e. The van der Waals surface area contributed by atoms with Crippen LogP contribution in [0, 0.1) is 6.92 Å². The molecule has 1 saturated heterocycles.